The van der Waals surface area contributed by atoms with Crippen molar-refractivity contribution in [1.29, 1.82) is 0 Å². The van der Waals surface area contributed by atoms with Crippen molar-refractivity contribution in [1.82, 2.24) is 0 Å². The second-order valence-electron chi connectivity index (χ2n) is 14.0. The van der Waals surface area contributed by atoms with Gasteiger partial charge < -0.3 is 9.80 Å². The number of hydrogen-bond donors (Lipinski definition) is 0. The Labute approximate surface area is 316 Å². The Morgan fingerprint density at radius 3 is 1.33 bits per heavy atom. The third kappa shape index (κ3) is 5.52. The maximum Gasteiger partial charge on any atom is 0.0493 e. The minimum absolute atomic E-state index is 1.03. The zero-order valence-corrected chi connectivity index (χ0v) is 29.9. The molecule has 1 aliphatic rings. The summed E-state index contributed by atoms with van der Waals surface area (Å²) in [5.74, 6) is 0. The van der Waals surface area contributed by atoms with Crippen molar-refractivity contribution < 1.29 is 0 Å². The van der Waals surface area contributed by atoms with E-state index in [1.165, 1.54) is 66.3 Å². The molecule has 0 amide bonds. The van der Waals surface area contributed by atoms with Gasteiger partial charge in [-0.2, -0.15) is 0 Å². The number of hydrogen-bond acceptors (Lipinski definition) is 2. The fraction of sp³-hybridized carbons (Fsp3) is 0.0385. The van der Waals surface area contributed by atoms with Crippen molar-refractivity contribution in [3.8, 4) is 22.3 Å². The van der Waals surface area contributed by atoms with Gasteiger partial charge in [0.25, 0.3) is 0 Å². The molecule has 0 atom stereocenters. The highest BCUT2D eigenvalue weighted by atomic mass is 15.2. The highest BCUT2D eigenvalue weighted by Gasteiger charge is 2.23. The molecule has 0 unspecified atom stereocenters. The van der Waals surface area contributed by atoms with Crippen LogP contribution in [0.15, 0.2) is 206 Å². The first-order chi connectivity index (χ1) is 26.8. The summed E-state index contributed by atoms with van der Waals surface area (Å²) >= 11 is 0. The Morgan fingerprint density at radius 1 is 0.333 bits per heavy atom. The summed E-state index contributed by atoms with van der Waals surface area (Å²) < 4.78 is 0. The molecule has 0 N–H and O–H groups in total. The molecule has 2 heteroatoms. The molecule has 0 saturated carbocycles. The Bertz CT molecular complexity index is 2710. The Morgan fingerprint density at radius 2 is 0.759 bits per heavy atom. The lowest BCUT2D eigenvalue weighted by atomic mass is 9.85. The second kappa shape index (κ2) is 13.6. The molecule has 9 aromatic rings. The zero-order valence-electron chi connectivity index (χ0n) is 29.9. The van der Waals surface area contributed by atoms with Gasteiger partial charge in [0.05, 0.1) is 0 Å². The molecule has 256 valence electrons. The molecule has 54 heavy (non-hydrogen) atoms. The second-order valence-corrected chi connectivity index (χ2v) is 14.0. The zero-order chi connectivity index (χ0) is 35.8. The van der Waals surface area contributed by atoms with Gasteiger partial charge in [0.1, 0.15) is 0 Å². The van der Waals surface area contributed by atoms with Crippen LogP contribution in [0.25, 0.3) is 43.8 Å². The third-order valence-corrected chi connectivity index (χ3v) is 10.9. The van der Waals surface area contributed by atoms with Crippen molar-refractivity contribution in [3.05, 3.63) is 217 Å². The lowest BCUT2D eigenvalue weighted by Crippen LogP contribution is -2.13. The third-order valence-electron chi connectivity index (χ3n) is 10.9. The molecule has 0 spiro atoms. The van der Waals surface area contributed by atoms with Crippen molar-refractivity contribution in [2.45, 2.75) is 12.8 Å². The van der Waals surface area contributed by atoms with Crippen LogP contribution in [0.5, 0.6) is 0 Å². The molecule has 10 rings (SSSR count). The van der Waals surface area contributed by atoms with E-state index in [0.717, 1.165) is 35.6 Å². The van der Waals surface area contributed by atoms with Crippen LogP contribution in [0.2, 0.25) is 0 Å². The average molecular weight is 691 g/mol. The lowest BCUT2D eigenvalue weighted by Gasteiger charge is -2.29. The smallest absolute Gasteiger partial charge is 0.0493 e. The summed E-state index contributed by atoms with van der Waals surface area (Å²) in [5, 5.41) is 4.98. The minimum Gasteiger partial charge on any atom is -0.310 e. The number of fused-ring (bicyclic) bond motifs is 4. The summed E-state index contributed by atoms with van der Waals surface area (Å²) in [6.45, 7) is 0. The van der Waals surface area contributed by atoms with E-state index in [9.17, 15) is 0 Å². The number of benzene rings is 9. The first-order valence-corrected chi connectivity index (χ1v) is 18.8. The number of aryl methyl sites for hydroxylation is 2. The van der Waals surface area contributed by atoms with Gasteiger partial charge in [-0.3, -0.25) is 0 Å². The topological polar surface area (TPSA) is 6.48 Å². The van der Waals surface area contributed by atoms with Crippen molar-refractivity contribution in [2.75, 3.05) is 9.80 Å². The van der Waals surface area contributed by atoms with Crippen LogP contribution in [-0.2, 0) is 12.8 Å². The molecule has 9 aromatic carbocycles. The molecule has 0 radical (unpaired) electrons. The highest BCUT2D eigenvalue weighted by Crippen LogP contribution is 2.47. The van der Waals surface area contributed by atoms with Gasteiger partial charge in [0.2, 0.25) is 0 Å². The first-order valence-electron chi connectivity index (χ1n) is 18.8. The van der Waals surface area contributed by atoms with Crippen LogP contribution >= 0.6 is 0 Å². The molecule has 0 aromatic heterocycles. The first kappa shape index (κ1) is 31.8. The standard InChI is InChI=1S/C52H38N2/c1-4-18-39(19-5-1)51-45-24-12-13-25-46(45)52(40-20-6-2-7-21-40)48-36-44(34-35-47(48)51)53(41-22-8-3-9-23-41)42-30-32-43(33-31-42)54-49-26-14-10-16-37(49)28-29-38-17-11-15-27-50(38)54/h1-27,30-36H,28-29H2. The normalized spacial score (nSPS) is 12.3. The van der Waals surface area contributed by atoms with E-state index in [2.05, 4.69) is 216 Å². The maximum absolute atomic E-state index is 2.44. The fourth-order valence-electron chi connectivity index (χ4n) is 8.47. The van der Waals surface area contributed by atoms with E-state index < -0.39 is 0 Å². The summed E-state index contributed by atoms with van der Waals surface area (Å²) in [6, 6.07) is 75.1. The molecular formula is C52H38N2. The molecule has 0 bridgehead atoms. The minimum atomic E-state index is 1.03. The van der Waals surface area contributed by atoms with Gasteiger partial charge in [0, 0.05) is 34.1 Å². The predicted molar refractivity (Wildman–Crippen MR) is 229 cm³/mol. The number of para-hydroxylation sites is 3. The molecule has 1 heterocycles. The van der Waals surface area contributed by atoms with E-state index in [0.29, 0.717) is 0 Å². The van der Waals surface area contributed by atoms with Crippen LogP contribution in [-0.4, -0.2) is 0 Å². The summed E-state index contributed by atoms with van der Waals surface area (Å²) in [4.78, 5) is 4.83. The van der Waals surface area contributed by atoms with Crippen LogP contribution in [0.3, 0.4) is 0 Å². The summed E-state index contributed by atoms with van der Waals surface area (Å²) in [5.41, 5.74) is 14.7. The van der Waals surface area contributed by atoms with Crippen LogP contribution in [0.1, 0.15) is 11.1 Å². The summed E-state index contributed by atoms with van der Waals surface area (Å²) in [6.07, 6.45) is 2.05. The van der Waals surface area contributed by atoms with E-state index in [-0.39, 0.29) is 0 Å². The summed E-state index contributed by atoms with van der Waals surface area (Å²) in [7, 11) is 0. The van der Waals surface area contributed by atoms with Crippen LogP contribution < -0.4 is 9.80 Å². The Hall–Kier alpha value is -6.90. The molecule has 0 aliphatic carbocycles. The van der Waals surface area contributed by atoms with Crippen LogP contribution in [0, 0.1) is 0 Å². The fourth-order valence-corrected chi connectivity index (χ4v) is 8.47. The Balaban J connectivity index is 1.18. The van der Waals surface area contributed by atoms with Gasteiger partial charge in [-0.25, -0.2) is 0 Å². The Kier molecular flexibility index (Phi) is 8.00. The van der Waals surface area contributed by atoms with Gasteiger partial charge in [0.15, 0.2) is 0 Å². The van der Waals surface area contributed by atoms with Gasteiger partial charge in [-0.1, -0.05) is 146 Å². The predicted octanol–water partition coefficient (Wildman–Crippen LogP) is 14.4. The van der Waals surface area contributed by atoms with E-state index in [4.69, 9.17) is 0 Å². The molecule has 1 aliphatic heterocycles. The molecule has 2 nitrogen and oxygen atoms in total. The van der Waals surface area contributed by atoms with E-state index in [1.54, 1.807) is 0 Å². The van der Waals surface area contributed by atoms with E-state index >= 15 is 0 Å². The van der Waals surface area contributed by atoms with Gasteiger partial charge in [-0.15, -0.1) is 0 Å². The van der Waals surface area contributed by atoms with Gasteiger partial charge >= 0.3 is 0 Å². The monoisotopic (exact) mass is 690 g/mol. The van der Waals surface area contributed by atoms with E-state index in [1.807, 2.05) is 0 Å². The van der Waals surface area contributed by atoms with Crippen molar-refractivity contribution in [3.63, 3.8) is 0 Å². The average Bonchev–Trinajstić information content (AvgIpc) is 3.41. The largest absolute Gasteiger partial charge is 0.310 e. The molecule has 0 saturated heterocycles. The number of nitrogens with zero attached hydrogens (tertiary/aromatic N) is 2. The number of rotatable bonds is 6. The van der Waals surface area contributed by atoms with Crippen molar-refractivity contribution >= 4 is 55.7 Å². The van der Waals surface area contributed by atoms with Gasteiger partial charge in [-0.05, 0) is 128 Å². The van der Waals surface area contributed by atoms with Crippen molar-refractivity contribution in [2.24, 2.45) is 0 Å². The lowest BCUT2D eigenvalue weighted by molar-refractivity contribution is 0.977. The number of anilines is 6. The quantitative estimate of drug-likeness (QED) is 0.160. The highest BCUT2D eigenvalue weighted by molar-refractivity contribution is 6.22. The van der Waals surface area contributed by atoms with Crippen LogP contribution in [0.4, 0.5) is 34.1 Å². The molecule has 0 fully saturated rings. The maximum atomic E-state index is 2.44. The molecular weight excluding hydrogens is 653 g/mol. The SMILES string of the molecule is c1ccc(-c2c3ccccc3c(-c3ccccc3)c3cc(N(c4ccccc4)c4ccc(N5c6ccccc6CCc6ccccc65)cc4)ccc23)cc1.